The Bertz CT molecular complexity index is 817. The first-order valence-corrected chi connectivity index (χ1v) is 8.52. The summed E-state index contributed by atoms with van der Waals surface area (Å²) in [6, 6.07) is 8.87. The van der Waals surface area contributed by atoms with Crippen LogP contribution < -0.4 is 0 Å². The van der Waals surface area contributed by atoms with Crippen LogP contribution in [0.4, 0.5) is 0 Å². The summed E-state index contributed by atoms with van der Waals surface area (Å²) >= 11 is 0. The van der Waals surface area contributed by atoms with Crippen LogP contribution in [-0.2, 0) is 29.6 Å². The third kappa shape index (κ3) is 2.20. The van der Waals surface area contributed by atoms with Crippen LogP contribution in [0.1, 0.15) is 33.3 Å². The van der Waals surface area contributed by atoms with Gasteiger partial charge in [-0.25, -0.2) is 9.59 Å². The molecule has 1 unspecified atom stereocenters. The molecular weight excluding hydrogens is 352 g/mol. The molecule has 1 aromatic carbocycles. The number of ether oxygens (including phenoxy) is 2. The van der Waals surface area contributed by atoms with Crippen molar-refractivity contribution in [2.75, 3.05) is 14.2 Å². The van der Waals surface area contributed by atoms with Crippen LogP contribution in [0.2, 0.25) is 0 Å². The van der Waals surface area contributed by atoms with Crippen molar-refractivity contribution in [3.05, 3.63) is 47.2 Å². The Morgan fingerprint density at radius 3 is 2.04 bits per heavy atom. The van der Waals surface area contributed by atoms with Crippen LogP contribution >= 0.6 is 0 Å². The molecule has 0 amide bonds. The maximum absolute atomic E-state index is 12.8. The summed E-state index contributed by atoms with van der Waals surface area (Å²) in [6.07, 6.45) is 0. The summed E-state index contributed by atoms with van der Waals surface area (Å²) in [5.74, 6) is -1.94. The van der Waals surface area contributed by atoms with Gasteiger partial charge in [-0.3, -0.25) is 0 Å². The van der Waals surface area contributed by atoms with Gasteiger partial charge >= 0.3 is 11.9 Å². The number of nitrogens with zero attached hydrogens (tertiary/aromatic N) is 2. The monoisotopic (exact) mass is 376 g/mol. The predicted molar refractivity (Wildman–Crippen MR) is 93.9 cm³/mol. The zero-order chi connectivity index (χ0) is 20.2. The number of hydrogen-bond acceptors (Lipinski definition) is 8. The Morgan fingerprint density at radius 1 is 0.963 bits per heavy atom. The van der Waals surface area contributed by atoms with Gasteiger partial charge in [-0.05, 0) is 33.3 Å². The highest BCUT2D eigenvalue weighted by Gasteiger charge is 2.74. The molecule has 1 N–H and O–H groups in total. The molecule has 3 rings (SSSR count). The first kappa shape index (κ1) is 19.3. The minimum absolute atomic E-state index is 0.135. The molecule has 0 saturated carbocycles. The summed E-state index contributed by atoms with van der Waals surface area (Å²) in [7, 11) is 2.40. The Hall–Kier alpha value is -2.42. The highest BCUT2D eigenvalue weighted by Crippen LogP contribution is 2.60. The zero-order valence-corrected chi connectivity index (χ0v) is 16.3. The van der Waals surface area contributed by atoms with Gasteiger partial charge in [0.1, 0.15) is 5.57 Å². The van der Waals surface area contributed by atoms with E-state index in [1.165, 1.54) is 19.3 Å². The summed E-state index contributed by atoms with van der Waals surface area (Å²) < 4.78 is 9.75. The van der Waals surface area contributed by atoms with Crippen molar-refractivity contribution in [2.45, 2.75) is 44.4 Å². The van der Waals surface area contributed by atoms with Gasteiger partial charge < -0.3 is 19.5 Å². The number of methoxy groups -OCH3 is 2. The molecule has 0 radical (unpaired) electrons. The van der Waals surface area contributed by atoms with Crippen molar-refractivity contribution < 1.29 is 29.1 Å². The summed E-state index contributed by atoms with van der Waals surface area (Å²) in [5, 5.41) is 13.9. The molecule has 27 heavy (non-hydrogen) atoms. The first-order valence-electron chi connectivity index (χ1n) is 8.52. The van der Waals surface area contributed by atoms with E-state index >= 15 is 0 Å². The fourth-order valence-corrected chi connectivity index (χ4v) is 3.71. The van der Waals surface area contributed by atoms with Crippen LogP contribution in [0, 0.1) is 0 Å². The number of rotatable bonds is 3. The fourth-order valence-electron chi connectivity index (χ4n) is 3.71. The van der Waals surface area contributed by atoms with Gasteiger partial charge in [0.25, 0.3) is 0 Å². The molecular formula is C19H24N2O6. The first-order chi connectivity index (χ1) is 12.6. The molecule has 8 nitrogen and oxygen atoms in total. The van der Waals surface area contributed by atoms with E-state index in [0.717, 1.165) is 5.06 Å². The molecule has 1 saturated heterocycles. The maximum Gasteiger partial charge on any atom is 0.376 e. The number of carbonyl (C=O) groups is 2. The second kappa shape index (κ2) is 6.05. The average molecular weight is 376 g/mol. The van der Waals surface area contributed by atoms with Crippen molar-refractivity contribution in [1.82, 2.24) is 10.1 Å². The second-order valence-electron chi connectivity index (χ2n) is 7.54. The second-order valence-corrected chi connectivity index (χ2v) is 7.54. The Labute approximate surface area is 157 Å². The third-order valence-electron chi connectivity index (χ3n) is 5.83. The molecule has 1 fully saturated rings. The molecule has 0 aliphatic carbocycles. The lowest BCUT2D eigenvalue weighted by molar-refractivity contribution is -0.257. The van der Waals surface area contributed by atoms with Crippen molar-refractivity contribution in [1.29, 1.82) is 0 Å². The Balaban J connectivity index is 2.42. The van der Waals surface area contributed by atoms with Crippen molar-refractivity contribution >= 4 is 11.9 Å². The molecule has 1 aromatic rings. The van der Waals surface area contributed by atoms with Gasteiger partial charge in [-0.2, -0.15) is 5.06 Å². The molecule has 0 spiro atoms. The van der Waals surface area contributed by atoms with E-state index in [9.17, 15) is 14.8 Å². The van der Waals surface area contributed by atoms with E-state index in [1.54, 1.807) is 24.3 Å². The van der Waals surface area contributed by atoms with Gasteiger partial charge in [0.15, 0.2) is 5.66 Å². The van der Waals surface area contributed by atoms with Gasteiger partial charge in [0, 0.05) is 0 Å². The quantitative estimate of drug-likeness (QED) is 0.801. The number of benzene rings is 1. The summed E-state index contributed by atoms with van der Waals surface area (Å²) in [6.45, 7) is 7.37. The number of fused-ring (bicyclic) bond motifs is 1. The molecule has 2 heterocycles. The average Bonchev–Trinajstić information content (AvgIpc) is 3.08. The Kier molecular flexibility index (Phi) is 4.33. The molecule has 0 aromatic heterocycles. The van der Waals surface area contributed by atoms with E-state index in [1.807, 2.05) is 33.8 Å². The Morgan fingerprint density at radius 2 is 1.52 bits per heavy atom. The van der Waals surface area contributed by atoms with Gasteiger partial charge in [0.2, 0.25) is 5.76 Å². The van der Waals surface area contributed by atoms with Gasteiger partial charge in [0.05, 0.1) is 25.3 Å². The van der Waals surface area contributed by atoms with Crippen LogP contribution in [0.25, 0.3) is 0 Å². The van der Waals surface area contributed by atoms with E-state index in [0.29, 0.717) is 5.56 Å². The highest BCUT2D eigenvalue weighted by atomic mass is 16.7. The number of carbonyl (C=O) groups excluding carboxylic acids is 2. The van der Waals surface area contributed by atoms with E-state index in [2.05, 4.69) is 0 Å². The predicted octanol–water partition coefficient (Wildman–Crippen LogP) is 1.95. The highest BCUT2D eigenvalue weighted by molar-refractivity contribution is 6.01. The number of hydroxylamine groups is 4. The molecule has 1 atom stereocenters. The van der Waals surface area contributed by atoms with Crippen LogP contribution in [0.5, 0.6) is 0 Å². The van der Waals surface area contributed by atoms with E-state index < -0.39 is 28.7 Å². The standard InChI is InChI=1S/C19H24N2O6/c1-17(2)18(3,4)21-19(20(17)24,12-10-8-7-9-11-12)13(15(22)25-5)14(27-21)16(23)26-6/h7-11,24H,1-6H3. The van der Waals surface area contributed by atoms with Crippen LogP contribution in [0.3, 0.4) is 0 Å². The topological polar surface area (TPSA) is 88.5 Å². The maximum atomic E-state index is 12.8. The van der Waals surface area contributed by atoms with Crippen molar-refractivity contribution in [3.8, 4) is 0 Å². The largest absolute Gasteiger partial charge is 0.465 e. The van der Waals surface area contributed by atoms with Crippen LogP contribution in [-0.4, -0.2) is 52.6 Å². The van der Waals surface area contributed by atoms with Crippen LogP contribution in [0.15, 0.2) is 41.7 Å². The zero-order valence-electron chi connectivity index (χ0n) is 16.3. The van der Waals surface area contributed by atoms with Gasteiger partial charge in [-0.15, -0.1) is 5.06 Å². The molecule has 8 heteroatoms. The summed E-state index contributed by atoms with van der Waals surface area (Å²) in [5.41, 5.74) is -2.84. The molecule has 2 aliphatic rings. The van der Waals surface area contributed by atoms with Gasteiger partial charge in [-0.1, -0.05) is 30.3 Å². The molecule has 2 aliphatic heterocycles. The van der Waals surface area contributed by atoms with Crippen molar-refractivity contribution in [2.24, 2.45) is 0 Å². The van der Waals surface area contributed by atoms with E-state index in [-0.39, 0.29) is 11.3 Å². The number of hydrogen-bond donors (Lipinski definition) is 1. The summed E-state index contributed by atoms with van der Waals surface area (Å²) in [4.78, 5) is 31.1. The molecule has 0 bridgehead atoms. The van der Waals surface area contributed by atoms with E-state index in [4.69, 9.17) is 14.3 Å². The lowest BCUT2D eigenvalue weighted by Crippen LogP contribution is -2.53. The lowest BCUT2D eigenvalue weighted by Gasteiger charge is -2.38. The fraction of sp³-hybridized carbons (Fsp3) is 0.474. The lowest BCUT2D eigenvalue weighted by atomic mass is 9.84. The minimum Gasteiger partial charge on any atom is -0.465 e. The third-order valence-corrected chi connectivity index (χ3v) is 5.83. The number of esters is 2. The minimum atomic E-state index is -1.58. The van der Waals surface area contributed by atoms with Crippen molar-refractivity contribution in [3.63, 3.8) is 0 Å². The SMILES string of the molecule is COC(=O)C1=C(C(=O)OC)C2(c3ccccc3)N(O)C(C)(C)C(C)(C)N2O1. The molecule has 146 valence electrons. The smallest absolute Gasteiger partial charge is 0.376 e. The normalized spacial score (nSPS) is 26.5.